The number of hydrogen-bond donors (Lipinski definition) is 1. The minimum atomic E-state index is -0.716. The first kappa shape index (κ1) is 24.9. The van der Waals surface area contributed by atoms with Gasteiger partial charge in [0.25, 0.3) is 0 Å². The second-order valence-corrected chi connectivity index (χ2v) is 8.73. The van der Waals surface area contributed by atoms with E-state index in [1.165, 1.54) is 6.08 Å². The number of benzene rings is 2. The van der Waals surface area contributed by atoms with Crippen molar-refractivity contribution in [2.75, 3.05) is 6.61 Å². The molecule has 0 fully saturated rings. The number of aryl methyl sites for hydroxylation is 1. The molecule has 1 amide bonds. The molecule has 0 saturated carbocycles. The summed E-state index contributed by atoms with van der Waals surface area (Å²) in [7, 11) is 0. The molecule has 0 radical (unpaired) electrons. The molecular weight excluding hydrogens is 428 g/mol. The van der Waals surface area contributed by atoms with Crippen LogP contribution >= 0.6 is 0 Å². The molecule has 178 valence electrons. The number of carbonyl (C=O) groups excluding carboxylic acids is 2. The van der Waals surface area contributed by atoms with Crippen LogP contribution in [0.3, 0.4) is 0 Å². The van der Waals surface area contributed by atoms with Gasteiger partial charge in [0.05, 0.1) is 30.5 Å². The normalized spacial score (nSPS) is 11.5. The van der Waals surface area contributed by atoms with Crippen LogP contribution in [0, 0.1) is 6.92 Å². The highest BCUT2D eigenvalue weighted by Crippen LogP contribution is 2.21. The number of nitrogens with one attached hydrogen (secondary N) is 1. The van der Waals surface area contributed by atoms with Crippen molar-refractivity contribution < 1.29 is 14.3 Å². The van der Waals surface area contributed by atoms with E-state index in [9.17, 15) is 9.59 Å². The Morgan fingerprint density at radius 1 is 1.12 bits per heavy atom. The van der Waals surface area contributed by atoms with Crippen molar-refractivity contribution in [3.8, 4) is 5.69 Å². The number of rotatable bonds is 10. The van der Waals surface area contributed by atoms with Gasteiger partial charge in [0.15, 0.2) is 0 Å². The number of carbonyl (C=O) groups is 2. The van der Waals surface area contributed by atoms with Crippen molar-refractivity contribution in [3.05, 3.63) is 83.2 Å². The molecule has 0 aliphatic carbocycles. The molecule has 0 aliphatic heterocycles. The second kappa shape index (κ2) is 11.4. The van der Waals surface area contributed by atoms with Crippen LogP contribution in [0.5, 0.6) is 0 Å². The van der Waals surface area contributed by atoms with Gasteiger partial charge >= 0.3 is 5.97 Å². The van der Waals surface area contributed by atoms with Crippen LogP contribution in [0.25, 0.3) is 11.8 Å². The summed E-state index contributed by atoms with van der Waals surface area (Å²) < 4.78 is 6.87. The van der Waals surface area contributed by atoms with Gasteiger partial charge < -0.3 is 10.1 Å². The number of amides is 1. The Hall–Kier alpha value is -3.74. The van der Waals surface area contributed by atoms with E-state index in [2.05, 4.69) is 15.6 Å². The molecule has 0 aliphatic rings. The SMILES string of the molecule is CCCCOC(=O)/C=C/c1cccc(C)c1CC(=O)NC(C)(C)c1cn(-c2ccccc2)nn1. The third-order valence-corrected chi connectivity index (χ3v) is 5.53. The summed E-state index contributed by atoms with van der Waals surface area (Å²) in [6, 6.07) is 15.4. The molecule has 0 spiro atoms. The van der Waals surface area contributed by atoms with E-state index in [1.54, 1.807) is 10.8 Å². The van der Waals surface area contributed by atoms with Gasteiger partial charge in [-0.15, -0.1) is 5.10 Å². The lowest BCUT2D eigenvalue weighted by Crippen LogP contribution is -2.42. The minimum Gasteiger partial charge on any atom is -0.463 e. The molecule has 7 heteroatoms. The molecule has 0 unspecified atom stereocenters. The van der Waals surface area contributed by atoms with Crippen molar-refractivity contribution in [1.82, 2.24) is 20.3 Å². The molecule has 2 aromatic carbocycles. The molecule has 3 aromatic rings. The second-order valence-electron chi connectivity index (χ2n) is 8.73. The number of unbranched alkanes of at least 4 members (excludes halogenated alkanes) is 1. The van der Waals surface area contributed by atoms with Gasteiger partial charge in [0.2, 0.25) is 5.91 Å². The van der Waals surface area contributed by atoms with Gasteiger partial charge in [-0.2, -0.15) is 0 Å². The Morgan fingerprint density at radius 2 is 1.88 bits per heavy atom. The van der Waals surface area contributed by atoms with E-state index in [0.717, 1.165) is 35.2 Å². The number of esters is 1. The van der Waals surface area contributed by atoms with Gasteiger partial charge in [-0.05, 0) is 62.1 Å². The van der Waals surface area contributed by atoms with Crippen molar-refractivity contribution in [1.29, 1.82) is 0 Å². The van der Waals surface area contributed by atoms with Crippen molar-refractivity contribution >= 4 is 18.0 Å². The van der Waals surface area contributed by atoms with Gasteiger partial charge in [0.1, 0.15) is 5.69 Å². The molecular formula is C27H32N4O3. The summed E-state index contributed by atoms with van der Waals surface area (Å²) in [4.78, 5) is 25.0. The number of ether oxygens (including phenoxy) is 1. The predicted molar refractivity (Wildman–Crippen MR) is 132 cm³/mol. The van der Waals surface area contributed by atoms with Crippen LogP contribution in [0.2, 0.25) is 0 Å². The molecule has 0 saturated heterocycles. The Labute approximate surface area is 200 Å². The molecule has 0 atom stereocenters. The van der Waals surface area contributed by atoms with E-state index in [4.69, 9.17) is 4.74 Å². The monoisotopic (exact) mass is 460 g/mol. The summed E-state index contributed by atoms with van der Waals surface area (Å²) in [6.45, 7) is 8.20. The van der Waals surface area contributed by atoms with Gasteiger partial charge in [-0.1, -0.05) is 55.0 Å². The van der Waals surface area contributed by atoms with Gasteiger partial charge in [-0.25, -0.2) is 9.48 Å². The Morgan fingerprint density at radius 3 is 2.62 bits per heavy atom. The molecule has 34 heavy (non-hydrogen) atoms. The van der Waals surface area contributed by atoms with E-state index < -0.39 is 5.54 Å². The van der Waals surface area contributed by atoms with E-state index in [1.807, 2.05) is 82.4 Å². The van der Waals surface area contributed by atoms with E-state index in [0.29, 0.717) is 12.3 Å². The third kappa shape index (κ3) is 6.63. The molecule has 1 N–H and O–H groups in total. The van der Waals surface area contributed by atoms with Crippen molar-refractivity contribution in [2.24, 2.45) is 0 Å². The fourth-order valence-corrected chi connectivity index (χ4v) is 3.52. The largest absolute Gasteiger partial charge is 0.463 e. The lowest BCUT2D eigenvalue weighted by Gasteiger charge is -2.24. The molecule has 3 rings (SSSR count). The minimum absolute atomic E-state index is 0.145. The predicted octanol–water partition coefficient (Wildman–Crippen LogP) is 4.53. The van der Waals surface area contributed by atoms with Crippen LogP contribution in [-0.4, -0.2) is 33.5 Å². The zero-order valence-corrected chi connectivity index (χ0v) is 20.2. The zero-order chi connectivity index (χ0) is 24.6. The van der Waals surface area contributed by atoms with Crippen LogP contribution < -0.4 is 5.32 Å². The summed E-state index contributed by atoms with van der Waals surface area (Å²) in [6.07, 6.45) is 6.92. The Bertz CT molecular complexity index is 1150. The fourth-order valence-electron chi connectivity index (χ4n) is 3.52. The highest BCUT2D eigenvalue weighted by Gasteiger charge is 2.27. The van der Waals surface area contributed by atoms with Crippen LogP contribution in [0.4, 0.5) is 0 Å². The Kier molecular flexibility index (Phi) is 8.35. The van der Waals surface area contributed by atoms with E-state index in [-0.39, 0.29) is 18.3 Å². The molecule has 1 heterocycles. The molecule has 7 nitrogen and oxygen atoms in total. The maximum absolute atomic E-state index is 13.0. The van der Waals surface area contributed by atoms with Crippen molar-refractivity contribution in [3.63, 3.8) is 0 Å². The summed E-state index contributed by atoms with van der Waals surface area (Å²) in [5, 5.41) is 11.5. The smallest absolute Gasteiger partial charge is 0.330 e. The number of para-hydroxylation sites is 1. The van der Waals surface area contributed by atoms with Gasteiger partial charge in [0, 0.05) is 6.08 Å². The standard InChI is InChI=1S/C27H32N4O3/c1-5-6-17-34-26(33)16-15-21-12-10-11-20(2)23(21)18-25(32)28-27(3,4)24-19-31(30-29-24)22-13-8-7-9-14-22/h7-16,19H,5-6,17-18H2,1-4H3,(H,28,32)/b16-15+. The van der Waals surface area contributed by atoms with Gasteiger partial charge in [-0.3, -0.25) is 4.79 Å². The Balaban J connectivity index is 1.70. The fraction of sp³-hybridized carbons (Fsp3) is 0.333. The highest BCUT2D eigenvalue weighted by molar-refractivity contribution is 5.88. The summed E-state index contributed by atoms with van der Waals surface area (Å²) >= 11 is 0. The quantitative estimate of drug-likeness (QED) is 0.273. The first-order valence-corrected chi connectivity index (χ1v) is 11.5. The first-order chi connectivity index (χ1) is 16.3. The first-order valence-electron chi connectivity index (χ1n) is 11.5. The van der Waals surface area contributed by atoms with Crippen LogP contribution in [0.1, 0.15) is 56.0 Å². The lowest BCUT2D eigenvalue weighted by atomic mass is 9.96. The zero-order valence-electron chi connectivity index (χ0n) is 20.2. The average Bonchev–Trinajstić information content (AvgIpc) is 3.31. The lowest BCUT2D eigenvalue weighted by molar-refractivity contribution is -0.137. The van der Waals surface area contributed by atoms with Crippen molar-refractivity contribution in [2.45, 2.75) is 52.5 Å². The van der Waals surface area contributed by atoms with Crippen LogP contribution in [-0.2, 0) is 26.3 Å². The van der Waals surface area contributed by atoms with E-state index >= 15 is 0 Å². The number of hydrogen-bond acceptors (Lipinski definition) is 5. The molecule has 1 aromatic heterocycles. The molecule has 0 bridgehead atoms. The summed E-state index contributed by atoms with van der Waals surface area (Å²) in [5.41, 5.74) is 3.49. The topological polar surface area (TPSA) is 86.1 Å². The summed E-state index contributed by atoms with van der Waals surface area (Å²) in [5.74, 6) is -0.526. The number of aromatic nitrogens is 3. The third-order valence-electron chi connectivity index (χ3n) is 5.53. The van der Waals surface area contributed by atoms with Crippen LogP contribution in [0.15, 0.2) is 60.8 Å². The maximum atomic E-state index is 13.0. The average molecular weight is 461 g/mol. The number of nitrogens with zero attached hydrogens (tertiary/aromatic N) is 3. The maximum Gasteiger partial charge on any atom is 0.330 e. The highest BCUT2D eigenvalue weighted by atomic mass is 16.5.